The van der Waals surface area contributed by atoms with E-state index in [0.717, 1.165) is 0 Å². The third-order valence-electron chi connectivity index (χ3n) is 3.47. The Bertz CT molecular complexity index is 830. The molecular weight excluding hydrogens is 378 g/mol. The number of oxime groups is 4. The normalized spacial score (nSPS) is 12.9. The van der Waals surface area contributed by atoms with Crippen LogP contribution in [0.15, 0.2) is 57.5 Å². The lowest BCUT2D eigenvalue weighted by Gasteiger charge is -2.10. The van der Waals surface area contributed by atoms with Crippen molar-refractivity contribution in [1.29, 1.82) is 0 Å². The zero-order chi connectivity index (χ0) is 21.6. The fourth-order valence-corrected chi connectivity index (χ4v) is 2.22. The molecule has 0 saturated heterocycles. The summed E-state index contributed by atoms with van der Waals surface area (Å²) >= 11 is 0. The lowest BCUT2D eigenvalue weighted by atomic mass is 10.0. The molecule has 0 unspecified atom stereocenters. The average molecular weight is 403 g/mol. The van der Waals surface area contributed by atoms with Gasteiger partial charge in [-0.1, -0.05) is 51.5 Å². The van der Waals surface area contributed by atoms with Crippen LogP contribution in [0.4, 0.5) is 0 Å². The topological polar surface area (TPSA) is 115 Å². The smallest absolute Gasteiger partial charge is 0.273 e. The molecule has 0 spiro atoms. The van der Waals surface area contributed by atoms with Gasteiger partial charge in [-0.05, 0) is 13.0 Å². The predicted molar refractivity (Wildman–Crippen MR) is 111 cm³/mol. The van der Waals surface area contributed by atoms with Gasteiger partial charge in [0.15, 0.2) is 11.4 Å². The monoisotopic (exact) mass is 403 g/mol. The van der Waals surface area contributed by atoms with Gasteiger partial charge >= 0.3 is 0 Å². The van der Waals surface area contributed by atoms with Gasteiger partial charge in [0.05, 0.1) is 0 Å². The number of carbonyl (C=O) groups is 1. The Morgan fingerprint density at radius 1 is 1.07 bits per heavy atom. The van der Waals surface area contributed by atoms with Crippen molar-refractivity contribution in [1.82, 2.24) is 5.32 Å². The Morgan fingerprint density at radius 2 is 1.72 bits per heavy atom. The van der Waals surface area contributed by atoms with E-state index in [0.29, 0.717) is 28.3 Å². The summed E-state index contributed by atoms with van der Waals surface area (Å²) in [5, 5.41) is 18.1. The zero-order valence-electron chi connectivity index (χ0n) is 17.1. The molecule has 156 valence electrons. The number of benzene rings is 1. The maximum Gasteiger partial charge on any atom is 0.273 e. The molecule has 0 aliphatic heterocycles. The van der Waals surface area contributed by atoms with Crippen LogP contribution in [0.3, 0.4) is 0 Å². The second-order valence-electron chi connectivity index (χ2n) is 5.29. The molecule has 1 N–H and O–H groups in total. The average Bonchev–Trinajstić information content (AvgIpc) is 2.74. The molecule has 0 aromatic heterocycles. The first-order valence-electron chi connectivity index (χ1n) is 8.47. The van der Waals surface area contributed by atoms with Crippen LogP contribution in [-0.2, 0) is 30.8 Å². The number of nitrogens with one attached hydrogen (secondary N) is 1. The number of likely N-dealkylation sites (N-methyl/N-ethyl adjacent to an activating group) is 1. The Labute approximate surface area is 169 Å². The minimum Gasteiger partial charge on any atom is -0.399 e. The molecule has 0 atom stereocenters. The van der Waals surface area contributed by atoms with Crippen molar-refractivity contribution in [2.24, 2.45) is 20.6 Å². The number of carbonyl (C=O) groups excluding carboxylic acids is 1. The standard InChI is InChI=1S/C19H25N5O5/c1-7-16(17(23-27-5)13(2)21-26-4)22-29-12-14-10-8-9-11-15(14)18(24-28-6)19(25)20-3/h7-11H,1,12H2,2-6H3,(H,20,25)/b21-13+,22-16?,23-17+,24-18+. The SMILES string of the molecule is C=CC(=NOCc1ccccc1/C(=N\OC)C(=O)NC)C(=N/OC)/C(C)=N/OC. The summed E-state index contributed by atoms with van der Waals surface area (Å²) in [6, 6.07) is 7.10. The number of hydrogen-bond donors (Lipinski definition) is 1. The van der Waals surface area contributed by atoms with Crippen LogP contribution >= 0.6 is 0 Å². The fourth-order valence-electron chi connectivity index (χ4n) is 2.22. The molecule has 0 aliphatic carbocycles. The van der Waals surface area contributed by atoms with Crippen molar-refractivity contribution >= 4 is 28.8 Å². The van der Waals surface area contributed by atoms with Crippen LogP contribution in [0.25, 0.3) is 0 Å². The summed E-state index contributed by atoms with van der Waals surface area (Å²) in [6.07, 6.45) is 1.45. The van der Waals surface area contributed by atoms with Crippen LogP contribution in [0.5, 0.6) is 0 Å². The van der Waals surface area contributed by atoms with Crippen molar-refractivity contribution in [3.63, 3.8) is 0 Å². The molecule has 10 heteroatoms. The van der Waals surface area contributed by atoms with Gasteiger partial charge in [-0.15, -0.1) is 0 Å². The maximum atomic E-state index is 12.1. The number of allylic oxidation sites excluding steroid dienone is 1. The highest BCUT2D eigenvalue weighted by molar-refractivity contribution is 6.70. The highest BCUT2D eigenvalue weighted by Crippen LogP contribution is 2.13. The first kappa shape index (κ1) is 23.3. The van der Waals surface area contributed by atoms with Gasteiger partial charge in [-0.2, -0.15) is 0 Å². The van der Waals surface area contributed by atoms with Gasteiger partial charge in [-0.3, -0.25) is 4.79 Å². The Kier molecular flexibility index (Phi) is 10.2. The van der Waals surface area contributed by atoms with Crippen LogP contribution in [0, 0.1) is 0 Å². The predicted octanol–water partition coefficient (Wildman–Crippen LogP) is 1.87. The highest BCUT2D eigenvalue weighted by Gasteiger charge is 2.18. The molecular formula is C19H25N5O5. The number of nitrogens with zero attached hydrogens (tertiary/aromatic N) is 4. The van der Waals surface area contributed by atoms with Gasteiger partial charge in [-0.25, -0.2) is 0 Å². The summed E-state index contributed by atoms with van der Waals surface area (Å²) in [4.78, 5) is 32.0. The van der Waals surface area contributed by atoms with Crippen LogP contribution in [-0.4, -0.2) is 57.1 Å². The van der Waals surface area contributed by atoms with Crippen molar-refractivity contribution in [2.45, 2.75) is 13.5 Å². The summed E-state index contributed by atoms with van der Waals surface area (Å²) in [7, 11) is 5.68. The van der Waals surface area contributed by atoms with Crippen LogP contribution in [0.1, 0.15) is 18.1 Å². The zero-order valence-corrected chi connectivity index (χ0v) is 17.1. The van der Waals surface area contributed by atoms with E-state index in [9.17, 15) is 4.79 Å². The molecule has 0 bridgehead atoms. The Balaban J connectivity index is 3.16. The molecule has 1 aromatic rings. The molecule has 1 amide bonds. The van der Waals surface area contributed by atoms with Gasteiger partial charge in [0.2, 0.25) is 0 Å². The summed E-state index contributed by atoms with van der Waals surface area (Å²) < 4.78 is 0. The largest absolute Gasteiger partial charge is 0.399 e. The van der Waals surface area contributed by atoms with Gasteiger partial charge in [0.25, 0.3) is 5.91 Å². The van der Waals surface area contributed by atoms with Crippen LogP contribution in [0.2, 0.25) is 0 Å². The van der Waals surface area contributed by atoms with Gasteiger partial charge < -0.3 is 24.7 Å². The highest BCUT2D eigenvalue weighted by atomic mass is 16.6. The summed E-state index contributed by atoms with van der Waals surface area (Å²) in [6.45, 7) is 5.43. The molecule has 0 radical (unpaired) electrons. The van der Waals surface area contributed by atoms with Gasteiger partial charge in [0, 0.05) is 18.2 Å². The van der Waals surface area contributed by atoms with E-state index >= 15 is 0 Å². The van der Waals surface area contributed by atoms with Crippen LogP contribution < -0.4 is 5.32 Å². The lowest BCUT2D eigenvalue weighted by Crippen LogP contribution is -2.29. The van der Waals surface area contributed by atoms with E-state index in [1.807, 2.05) is 6.07 Å². The fraction of sp³-hybridized carbons (Fsp3) is 0.316. The van der Waals surface area contributed by atoms with E-state index in [1.165, 1.54) is 34.5 Å². The second-order valence-corrected chi connectivity index (χ2v) is 5.29. The van der Waals surface area contributed by atoms with Crippen molar-refractivity contribution in [2.75, 3.05) is 28.4 Å². The second kappa shape index (κ2) is 12.7. The summed E-state index contributed by atoms with van der Waals surface area (Å²) in [5.41, 5.74) is 2.35. The molecule has 0 saturated carbocycles. The number of hydrogen-bond acceptors (Lipinski definition) is 9. The molecule has 29 heavy (non-hydrogen) atoms. The van der Waals surface area contributed by atoms with Gasteiger partial charge in [0.1, 0.15) is 39.4 Å². The third kappa shape index (κ3) is 6.76. The Hall–Kier alpha value is -3.69. The minimum absolute atomic E-state index is 0.0496. The number of rotatable bonds is 11. The lowest BCUT2D eigenvalue weighted by molar-refractivity contribution is -0.114. The molecule has 0 fully saturated rings. The van der Waals surface area contributed by atoms with E-state index < -0.39 is 5.91 Å². The molecule has 10 nitrogen and oxygen atoms in total. The van der Waals surface area contributed by atoms with Crippen molar-refractivity contribution in [3.8, 4) is 0 Å². The molecule has 1 aromatic carbocycles. The minimum atomic E-state index is -0.393. The quantitative estimate of drug-likeness (QED) is 0.447. The third-order valence-corrected chi connectivity index (χ3v) is 3.47. The van der Waals surface area contributed by atoms with E-state index in [1.54, 1.807) is 25.1 Å². The van der Waals surface area contributed by atoms with Crippen molar-refractivity contribution < 1.29 is 24.1 Å². The van der Waals surface area contributed by atoms with E-state index in [4.69, 9.17) is 19.4 Å². The first-order valence-corrected chi connectivity index (χ1v) is 8.47. The molecule has 1 rings (SSSR count). The maximum absolute atomic E-state index is 12.1. The molecule has 0 heterocycles. The summed E-state index contributed by atoms with van der Waals surface area (Å²) in [5.74, 6) is -0.393. The first-order chi connectivity index (χ1) is 14.0. The van der Waals surface area contributed by atoms with E-state index in [2.05, 4.69) is 32.5 Å². The van der Waals surface area contributed by atoms with Crippen molar-refractivity contribution in [3.05, 3.63) is 48.0 Å². The number of amides is 1. The van der Waals surface area contributed by atoms with E-state index in [-0.39, 0.29) is 12.3 Å². The molecule has 0 aliphatic rings. The Morgan fingerprint density at radius 3 is 2.31 bits per heavy atom.